The van der Waals surface area contributed by atoms with Gasteiger partial charge in [-0.05, 0) is 18.2 Å². The number of methoxy groups -OCH3 is 1. The fourth-order valence-electron chi connectivity index (χ4n) is 2.64. The van der Waals surface area contributed by atoms with Crippen molar-refractivity contribution in [1.29, 1.82) is 0 Å². The highest BCUT2D eigenvalue weighted by molar-refractivity contribution is 6.13. The van der Waals surface area contributed by atoms with Crippen LogP contribution in [-0.2, 0) is 0 Å². The van der Waals surface area contributed by atoms with Gasteiger partial charge in [0.25, 0.3) is 5.69 Å². The smallest absolute Gasteiger partial charge is 0.348 e. The molecule has 7 nitrogen and oxygen atoms in total. The number of benzene rings is 2. The maximum atomic E-state index is 12.3. The lowest BCUT2D eigenvalue weighted by Gasteiger charge is -2.01. The first kappa shape index (κ1) is 13.3. The van der Waals surface area contributed by atoms with Crippen molar-refractivity contribution in [1.82, 2.24) is 0 Å². The molecule has 0 amide bonds. The summed E-state index contributed by atoms with van der Waals surface area (Å²) in [5.74, 6) is 0.548. The number of furan rings is 1. The van der Waals surface area contributed by atoms with Crippen molar-refractivity contribution in [2.75, 3.05) is 7.11 Å². The summed E-state index contributed by atoms with van der Waals surface area (Å²) in [6, 6.07) is 9.15. The molecule has 0 unspecified atom stereocenters. The van der Waals surface area contributed by atoms with E-state index >= 15 is 0 Å². The van der Waals surface area contributed by atoms with Crippen molar-refractivity contribution in [3.8, 4) is 5.75 Å². The number of nitro benzene ring substituents is 1. The minimum absolute atomic E-state index is 0.116. The van der Waals surface area contributed by atoms with Gasteiger partial charge < -0.3 is 13.6 Å². The summed E-state index contributed by atoms with van der Waals surface area (Å²) in [5, 5.41) is 12.1. The SMILES string of the molecule is COc1ccc2c(c1)oc(=O)c1c3cc([N+](=O)[O-])ccc3oc21. The Labute approximate surface area is 127 Å². The molecule has 0 aliphatic heterocycles. The number of nitrogens with zero attached hydrogens (tertiary/aromatic N) is 1. The van der Waals surface area contributed by atoms with Gasteiger partial charge in [-0.1, -0.05) is 0 Å². The van der Waals surface area contributed by atoms with Crippen molar-refractivity contribution in [2.24, 2.45) is 0 Å². The average Bonchev–Trinajstić information content (AvgIpc) is 2.93. The summed E-state index contributed by atoms with van der Waals surface area (Å²) in [6.45, 7) is 0. The van der Waals surface area contributed by atoms with Crippen LogP contribution in [-0.4, -0.2) is 12.0 Å². The first-order valence-electron chi connectivity index (χ1n) is 6.70. The zero-order valence-corrected chi connectivity index (χ0v) is 11.9. The van der Waals surface area contributed by atoms with E-state index in [0.717, 1.165) is 0 Å². The van der Waals surface area contributed by atoms with Crippen LogP contribution in [0, 0.1) is 10.1 Å². The third-order valence-corrected chi connectivity index (χ3v) is 3.72. The average molecular weight is 311 g/mol. The Morgan fingerprint density at radius 3 is 2.61 bits per heavy atom. The van der Waals surface area contributed by atoms with Crippen molar-refractivity contribution in [3.63, 3.8) is 0 Å². The maximum Gasteiger partial charge on any atom is 0.348 e. The standard InChI is InChI=1S/C16H9NO6/c1-21-9-3-4-10-13(7-9)23-16(18)14-11-6-8(17(19)20)2-5-12(11)22-15(10)14/h2-7H,1H3. The van der Waals surface area contributed by atoms with Gasteiger partial charge in [-0.2, -0.15) is 0 Å². The van der Waals surface area contributed by atoms with Gasteiger partial charge in [0.05, 0.1) is 17.4 Å². The summed E-state index contributed by atoms with van der Waals surface area (Å²) in [6.07, 6.45) is 0. The molecule has 2 aromatic heterocycles. The number of fused-ring (bicyclic) bond motifs is 5. The van der Waals surface area contributed by atoms with E-state index in [1.54, 1.807) is 18.2 Å². The van der Waals surface area contributed by atoms with Gasteiger partial charge in [0.2, 0.25) is 0 Å². The molecule has 0 atom stereocenters. The molecule has 7 heteroatoms. The van der Waals surface area contributed by atoms with Gasteiger partial charge >= 0.3 is 5.63 Å². The first-order chi connectivity index (χ1) is 11.1. The Hall–Kier alpha value is -3.35. The van der Waals surface area contributed by atoms with E-state index in [9.17, 15) is 14.9 Å². The van der Waals surface area contributed by atoms with E-state index in [1.165, 1.54) is 25.3 Å². The van der Waals surface area contributed by atoms with Crippen molar-refractivity contribution < 1.29 is 18.5 Å². The molecule has 0 radical (unpaired) electrons. The van der Waals surface area contributed by atoms with Crippen LogP contribution in [0.1, 0.15) is 0 Å². The minimum Gasteiger partial charge on any atom is -0.497 e. The predicted octanol–water partition coefficient (Wildman–Crippen LogP) is 3.61. The Morgan fingerprint density at radius 2 is 1.87 bits per heavy atom. The number of ether oxygens (including phenoxy) is 1. The highest BCUT2D eigenvalue weighted by Gasteiger charge is 2.18. The first-order valence-corrected chi connectivity index (χ1v) is 6.70. The van der Waals surface area contributed by atoms with Crippen molar-refractivity contribution in [2.45, 2.75) is 0 Å². The molecule has 0 saturated carbocycles. The van der Waals surface area contributed by atoms with Crippen LogP contribution >= 0.6 is 0 Å². The number of hydrogen-bond acceptors (Lipinski definition) is 6. The summed E-state index contributed by atoms with van der Waals surface area (Å²) in [7, 11) is 1.51. The summed E-state index contributed by atoms with van der Waals surface area (Å²) < 4.78 is 16.2. The van der Waals surface area contributed by atoms with E-state index in [4.69, 9.17) is 13.6 Å². The summed E-state index contributed by atoms with van der Waals surface area (Å²) >= 11 is 0. The van der Waals surface area contributed by atoms with Gasteiger partial charge in [0, 0.05) is 23.6 Å². The van der Waals surface area contributed by atoms with E-state index in [0.29, 0.717) is 33.3 Å². The van der Waals surface area contributed by atoms with Crippen LogP contribution in [0.15, 0.2) is 50.0 Å². The molecule has 0 N–H and O–H groups in total. The molecule has 0 saturated heterocycles. The minimum atomic E-state index is -0.611. The summed E-state index contributed by atoms with van der Waals surface area (Å²) in [5.41, 5.74) is 0.334. The third kappa shape index (κ3) is 1.87. The van der Waals surface area contributed by atoms with Gasteiger partial charge in [-0.15, -0.1) is 0 Å². The van der Waals surface area contributed by atoms with Crippen LogP contribution < -0.4 is 10.4 Å². The molecule has 0 aliphatic rings. The Balaban J connectivity index is 2.18. The molecule has 0 fully saturated rings. The van der Waals surface area contributed by atoms with Gasteiger partial charge in [-0.3, -0.25) is 10.1 Å². The molecule has 2 aromatic carbocycles. The highest BCUT2D eigenvalue weighted by Crippen LogP contribution is 2.34. The number of rotatable bonds is 2. The molecule has 4 rings (SSSR count). The zero-order valence-electron chi connectivity index (χ0n) is 11.9. The molecule has 23 heavy (non-hydrogen) atoms. The van der Waals surface area contributed by atoms with Crippen LogP contribution in [0.2, 0.25) is 0 Å². The van der Waals surface area contributed by atoms with E-state index < -0.39 is 10.5 Å². The molecule has 2 heterocycles. The van der Waals surface area contributed by atoms with E-state index in [2.05, 4.69) is 0 Å². The van der Waals surface area contributed by atoms with Crippen molar-refractivity contribution in [3.05, 3.63) is 56.9 Å². The van der Waals surface area contributed by atoms with E-state index in [-0.39, 0.29) is 11.1 Å². The van der Waals surface area contributed by atoms with Crippen LogP contribution in [0.25, 0.3) is 32.9 Å². The summed E-state index contributed by atoms with van der Waals surface area (Å²) in [4.78, 5) is 22.7. The van der Waals surface area contributed by atoms with Gasteiger partial charge in [0.15, 0.2) is 5.58 Å². The van der Waals surface area contributed by atoms with Gasteiger partial charge in [0.1, 0.15) is 22.3 Å². The zero-order chi connectivity index (χ0) is 16.1. The molecule has 0 aliphatic carbocycles. The number of nitro groups is 1. The van der Waals surface area contributed by atoms with E-state index in [1.807, 2.05) is 0 Å². The monoisotopic (exact) mass is 311 g/mol. The number of hydrogen-bond donors (Lipinski definition) is 0. The van der Waals surface area contributed by atoms with Crippen LogP contribution in [0.3, 0.4) is 0 Å². The molecular weight excluding hydrogens is 302 g/mol. The lowest BCUT2D eigenvalue weighted by Crippen LogP contribution is -1.98. The predicted molar refractivity (Wildman–Crippen MR) is 83.0 cm³/mol. The quantitative estimate of drug-likeness (QED) is 0.319. The number of non-ortho nitro benzene ring substituents is 1. The lowest BCUT2D eigenvalue weighted by molar-refractivity contribution is -0.384. The second-order valence-electron chi connectivity index (χ2n) is 5.00. The molecular formula is C16H9NO6. The Kier molecular flexibility index (Phi) is 2.65. The van der Waals surface area contributed by atoms with Crippen LogP contribution in [0.4, 0.5) is 5.69 Å². The van der Waals surface area contributed by atoms with Gasteiger partial charge in [-0.25, -0.2) is 4.79 Å². The lowest BCUT2D eigenvalue weighted by atomic mass is 10.1. The Bertz CT molecular complexity index is 1150. The molecule has 4 aromatic rings. The fraction of sp³-hybridized carbons (Fsp3) is 0.0625. The maximum absolute atomic E-state index is 12.3. The second kappa shape index (κ2) is 4.57. The largest absolute Gasteiger partial charge is 0.497 e. The van der Waals surface area contributed by atoms with Crippen molar-refractivity contribution >= 4 is 38.6 Å². The third-order valence-electron chi connectivity index (χ3n) is 3.72. The fourth-order valence-corrected chi connectivity index (χ4v) is 2.64. The molecule has 0 bridgehead atoms. The molecule has 0 spiro atoms. The second-order valence-corrected chi connectivity index (χ2v) is 5.00. The normalized spacial score (nSPS) is 11.3. The topological polar surface area (TPSA) is 95.7 Å². The van der Waals surface area contributed by atoms with Crippen LogP contribution in [0.5, 0.6) is 5.75 Å². The highest BCUT2D eigenvalue weighted by atomic mass is 16.6. The Morgan fingerprint density at radius 1 is 1.04 bits per heavy atom. The molecule has 114 valence electrons.